The van der Waals surface area contributed by atoms with Crippen molar-refractivity contribution in [3.05, 3.63) is 75.1 Å². The third-order valence-electron chi connectivity index (χ3n) is 4.60. The molecule has 1 aromatic heterocycles. The van der Waals surface area contributed by atoms with Crippen LogP contribution < -0.4 is 15.4 Å². The van der Waals surface area contributed by atoms with Gasteiger partial charge in [-0.25, -0.2) is 4.79 Å². The summed E-state index contributed by atoms with van der Waals surface area (Å²) in [7, 11) is 0. The molecule has 0 saturated heterocycles. The molecule has 3 aromatic rings. The molecule has 172 valence electrons. The summed E-state index contributed by atoms with van der Waals surface area (Å²) in [5.41, 5.74) is 1.42. The standard InChI is InChI=1S/C24H23ClN2O5S/c1-4-31-18-9-7-6-8-17(18)26-22(29)20-14(3)19(24(30)32-5-2)23(33-20)27-21(28)15-10-12-16(25)13-11-15/h6-13H,4-5H2,1-3H3,(H,26,29)(H,27,28). The highest BCUT2D eigenvalue weighted by Gasteiger charge is 2.27. The van der Waals surface area contributed by atoms with Crippen LogP contribution in [0.1, 0.15) is 49.8 Å². The van der Waals surface area contributed by atoms with Gasteiger partial charge >= 0.3 is 5.97 Å². The first-order valence-electron chi connectivity index (χ1n) is 10.3. The van der Waals surface area contributed by atoms with Crippen LogP contribution in [0.2, 0.25) is 5.02 Å². The van der Waals surface area contributed by atoms with Gasteiger partial charge in [-0.3, -0.25) is 9.59 Å². The molecule has 0 spiro atoms. The van der Waals surface area contributed by atoms with Gasteiger partial charge in [0.1, 0.15) is 10.8 Å². The number of nitrogens with one attached hydrogen (secondary N) is 2. The van der Waals surface area contributed by atoms with Gasteiger partial charge in [-0.1, -0.05) is 23.7 Å². The van der Waals surface area contributed by atoms with Crippen molar-refractivity contribution in [1.29, 1.82) is 0 Å². The second kappa shape index (κ2) is 11.0. The van der Waals surface area contributed by atoms with Crippen LogP contribution in [0, 0.1) is 6.92 Å². The molecular weight excluding hydrogens is 464 g/mol. The summed E-state index contributed by atoms with van der Waals surface area (Å²) in [6.45, 7) is 5.78. The zero-order valence-electron chi connectivity index (χ0n) is 18.4. The van der Waals surface area contributed by atoms with Crippen molar-refractivity contribution in [1.82, 2.24) is 0 Å². The summed E-state index contributed by atoms with van der Waals surface area (Å²) in [5.74, 6) is -0.954. The van der Waals surface area contributed by atoms with E-state index in [-0.39, 0.29) is 22.0 Å². The molecule has 0 atom stereocenters. The molecule has 0 fully saturated rings. The summed E-state index contributed by atoms with van der Waals surface area (Å²) in [6, 6.07) is 13.4. The van der Waals surface area contributed by atoms with E-state index in [1.54, 1.807) is 62.4 Å². The Balaban J connectivity index is 1.94. The van der Waals surface area contributed by atoms with Crippen LogP contribution in [-0.4, -0.2) is 31.0 Å². The second-order valence-corrected chi connectivity index (χ2v) is 8.28. The molecule has 3 rings (SSSR count). The maximum absolute atomic E-state index is 13.1. The van der Waals surface area contributed by atoms with E-state index in [1.807, 2.05) is 6.92 Å². The predicted octanol–water partition coefficient (Wildman–Crippen LogP) is 5.79. The van der Waals surface area contributed by atoms with Gasteiger partial charge < -0.3 is 20.1 Å². The van der Waals surface area contributed by atoms with Crippen molar-refractivity contribution in [3.8, 4) is 5.75 Å². The van der Waals surface area contributed by atoms with Crippen LogP contribution in [0.3, 0.4) is 0 Å². The van der Waals surface area contributed by atoms with E-state index < -0.39 is 17.8 Å². The number of hydrogen-bond donors (Lipinski definition) is 2. The fourth-order valence-electron chi connectivity index (χ4n) is 3.07. The molecule has 0 bridgehead atoms. The van der Waals surface area contributed by atoms with Gasteiger partial charge in [0, 0.05) is 10.6 Å². The minimum atomic E-state index is -0.619. The van der Waals surface area contributed by atoms with Crippen LogP contribution >= 0.6 is 22.9 Å². The zero-order chi connectivity index (χ0) is 24.0. The smallest absolute Gasteiger partial charge is 0.341 e. The number of esters is 1. The number of carbonyl (C=O) groups is 3. The zero-order valence-corrected chi connectivity index (χ0v) is 19.9. The Morgan fingerprint density at radius 1 is 0.939 bits per heavy atom. The van der Waals surface area contributed by atoms with Crippen molar-refractivity contribution in [2.24, 2.45) is 0 Å². The van der Waals surface area contributed by atoms with Crippen LogP contribution in [0.4, 0.5) is 10.7 Å². The lowest BCUT2D eigenvalue weighted by Gasteiger charge is -2.11. The van der Waals surface area contributed by atoms with E-state index in [0.29, 0.717) is 34.2 Å². The van der Waals surface area contributed by atoms with Crippen molar-refractivity contribution >= 4 is 51.4 Å². The van der Waals surface area contributed by atoms with E-state index >= 15 is 0 Å². The molecule has 33 heavy (non-hydrogen) atoms. The average Bonchev–Trinajstić information content (AvgIpc) is 3.11. The minimum absolute atomic E-state index is 0.146. The van der Waals surface area contributed by atoms with Gasteiger partial charge in [0.2, 0.25) is 0 Å². The SMILES string of the molecule is CCOC(=O)c1c(NC(=O)c2ccc(Cl)cc2)sc(C(=O)Nc2ccccc2OCC)c1C. The molecule has 0 aliphatic rings. The Labute approximate surface area is 200 Å². The number of amides is 2. The van der Waals surface area contributed by atoms with Crippen molar-refractivity contribution in [2.45, 2.75) is 20.8 Å². The number of ether oxygens (including phenoxy) is 2. The first-order chi connectivity index (χ1) is 15.8. The van der Waals surface area contributed by atoms with Gasteiger partial charge in [0.15, 0.2) is 0 Å². The van der Waals surface area contributed by atoms with Gasteiger partial charge in [0.25, 0.3) is 11.8 Å². The van der Waals surface area contributed by atoms with E-state index in [0.717, 1.165) is 11.3 Å². The van der Waals surface area contributed by atoms with Crippen molar-refractivity contribution in [2.75, 3.05) is 23.8 Å². The molecule has 1 heterocycles. The number of rotatable bonds is 8. The van der Waals surface area contributed by atoms with Crippen LogP contribution in [0.5, 0.6) is 5.75 Å². The Hall–Kier alpha value is -3.36. The molecule has 9 heteroatoms. The summed E-state index contributed by atoms with van der Waals surface area (Å²) >= 11 is 6.89. The molecule has 0 radical (unpaired) electrons. The van der Waals surface area contributed by atoms with Crippen molar-refractivity contribution in [3.63, 3.8) is 0 Å². The lowest BCUT2D eigenvalue weighted by molar-refractivity contribution is 0.0527. The van der Waals surface area contributed by atoms with Gasteiger partial charge in [-0.05, 0) is 62.7 Å². The molecule has 2 amide bonds. The predicted molar refractivity (Wildman–Crippen MR) is 130 cm³/mol. The second-order valence-electron chi connectivity index (χ2n) is 6.83. The molecule has 0 saturated carbocycles. The number of benzene rings is 2. The van der Waals surface area contributed by atoms with Gasteiger partial charge in [-0.15, -0.1) is 11.3 Å². The number of halogens is 1. The number of para-hydroxylation sites is 2. The highest BCUT2D eigenvalue weighted by atomic mass is 35.5. The summed E-state index contributed by atoms with van der Waals surface area (Å²) in [4.78, 5) is 38.8. The minimum Gasteiger partial charge on any atom is -0.492 e. The molecule has 0 aliphatic heterocycles. The number of carbonyl (C=O) groups excluding carboxylic acids is 3. The molecule has 7 nitrogen and oxygen atoms in total. The van der Waals surface area contributed by atoms with Crippen molar-refractivity contribution < 1.29 is 23.9 Å². The highest BCUT2D eigenvalue weighted by molar-refractivity contribution is 7.19. The third kappa shape index (κ3) is 5.71. The topological polar surface area (TPSA) is 93.7 Å². The maximum Gasteiger partial charge on any atom is 0.341 e. The summed E-state index contributed by atoms with van der Waals surface area (Å²) in [6.07, 6.45) is 0. The normalized spacial score (nSPS) is 10.4. The monoisotopic (exact) mass is 486 g/mol. The average molecular weight is 487 g/mol. The van der Waals surface area contributed by atoms with E-state index in [1.165, 1.54) is 0 Å². The highest BCUT2D eigenvalue weighted by Crippen LogP contribution is 2.35. The quantitative estimate of drug-likeness (QED) is 0.393. The Kier molecular flexibility index (Phi) is 8.08. The van der Waals surface area contributed by atoms with Crippen LogP contribution in [0.25, 0.3) is 0 Å². The Morgan fingerprint density at radius 3 is 2.30 bits per heavy atom. The fourth-order valence-corrected chi connectivity index (χ4v) is 4.29. The van der Waals surface area contributed by atoms with E-state index in [4.69, 9.17) is 21.1 Å². The Bertz CT molecular complexity index is 1170. The number of thiophene rings is 1. The third-order valence-corrected chi connectivity index (χ3v) is 6.06. The largest absolute Gasteiger partial charge is 0.492 e. The first kappa shape index (κ1) is 24.3. The number of anilines is 2. The molecule has 2 N–H and O–H groups in total. The lowest BCUT2D eigenvalue weighted by Crippen LogP contribution is -2.15. The number of hydrogen-bond acceptors (Lipinski definition) is 6. The van der Waals surface area contributed by atoms with Gasteiger partial charge in [-0.2, -0.15) is 0 Å². The molecule has 0 aliphatic carbocycles. The summed E-state index contributed by atoms with van der Waals surface area (Å²) in [5, 5.41) is 6.28. The van der Waals surface area contributed by atoms with E-state index in [2.05, 4.69) is 10.6 Å². The lowest BCUT2D eigenvalue weighted by atomic mass is 10.1. The van der Waals surface area contributed by atoms with Crippen LogP contribution in [0.15, 0.2) is 48.5 Å². The molecule has 0 unspecified atom stereocenters. The maximum atomic E-state index is 13.1. The Morgan fingerprint density at radius 2 is 1.64 bits per heavy atom. The molecule has 2 aromatic carbocycles. The summed E-state index contributed by atoms with van der Waals surface area (Å²) < 4.78 is 10.7. The van der Waals surface area contributed by atoms with Gasteiger partial charge in [0.05, 0.1) is 29.3 Å². The fraction of sp³-hybridized carbons (Fsp3) is 0.208. The van der Waals surface area contributed by atoms with E-state index in [9.17, 15) is 14.4 Å². The van der Waals surface area contributed by atoms with Crippen LogP contribution in [-0.2, 0) is 4.74 Å². The molecular formula is C24H23ClN2O5S. The first-order valence-corrected chi connectivity index (χ1v) is 11.5.